The SMILES string of the molecule is COc1cccc(C(O)CNC(=O)C2C(C)(C)C2(C)C)c1. The van der Waals surface area contributed by atoms with E-state index in [0.717, 1.165) is 5.56 Å². The largest absolute Gasteiger partial charge is 0.497 e. The van der Waals surface area contributed by atoms with E-state index >= 15 is 0 Å². The van der Waals surface area contributed by atoms with E-state index in [0.29, 0.717) is 5.75 Å². The van der Waals surface area contributed by atoms with Crippen LogP contribution in [0.15, 0.2) is 24.3 Å². The molecule has 0 radical (unpaired) electrons. The van der Waals surface area contributed by atoms with Gasteiger partial charge in [0, 0.05) is 12.5 Å². The third-order valence-corrected chi connectivity index (χ3v) is 5.23. The van der Waals surface area contributed by atoms with Gasteiger partial charge in [0.25, 0.3) is 0 Å². The maximum absolute atomic E-state index is 12.2. The highest BCUT2D eigenvalue weighted by Gasteiger charge is 2.68. The lowest BCUT2D eigenvalue weighted by molar-refractivity contribution is -0.123. The Morgan fingerprint density at radius 3 is 2.48 bits per heavy atom. The second-order valence-electron chi connectivity index (χ2n) is 6.91. The highest BCUT2D eigenvalue weighted by molar-refractivity contribution is 5.84. The lowest BCUT2D eigenvalue weighted by Crippen LogP contribution is -2.31. The van der Waals surface area contributed by atoms with E-state index in [1.807, 2.05) is 18.2 Å². The number of nitrogens with one attached hydrogen (secondary N) is 1. The van der Waals surface area contributed by atoms with Crippen molar-refractivity contribution in [2.45, 2.75) is 33.8 Å². The summed E-state index contributed by atoms with van der Waals surface area (Å²) in [4.78, 5) is 12.2. The number of rotatable bonds is 5. The molecule has 1 saturated carbocycles. The van der Waals surface area contributed by atoms with Crippen molar-refractivity contribution in [3.8, 4) is 5.75 Å². The van der Waals surface area contributed by atoms with Crippen LogP contribution in [0.4, 0.5) is 0 Å². The number of benzene rings is 1. The fourth-order valence-electron chi connectivity index (χ4n) is 3.12. The van der Waals surface area contributed by atoms with Crippen molar-refractivity contribution in [3.63, 3.8) is 0 Å². The molecule has 4 nitrogen and oxygen atoms in total. The number of hydrogen-bond donors (Lipinski definition) is 2. The summed E-state index contributed by atoms with van der Waals surface area (Å²) in [5.41, 5.74) is 0.764. The van der Waals surface area contributed by atoms with Gasteiger partial charge in [0.15, 0.2) is 0 Å². The molecule has 1 aliphatic rings. The van der Waals surface area contributed by atoms with Gasteiger partial charge in [0.05, 0.1) is 13.2 Å². The molecule has 2 rings (SSSR count). The molecule has 1 aromatic carbocycles. The van der Waals surface area contributed by atoms with Crippen LogP contribution >= 0.6 is 0 Å². The van der Waals surface area contributed by atoms with Crippen LogP contribution in [-0.4, -0.2) is 24.7 Å². The number of carbonyl (C=O) groups is 1. The lowest BCUT2D eigenvalue weighted by atomic mass is 10.0. The van der Waals surface area contributed by atoms with Crippen molar-refractivity contribution in [2.75, 3.05) is 13.7 Å². The van der Waals surface area contributed by atoms with E-state index in [1.165, 1.54) is 0 Å². The summed E-state index contributed by atoms with van der Waals surface area (Å²) in [7, 11) is 1.59. The normalized spacial score (nSPS) is 20.7. The van der Waals surface area contributed by atoms with Gasteiger partial charge >= 0.3 is 0 Å². The average Bonchev–Trinajstić information content (AvgIpc) is 2.85. The quantitative estimate of drug-likeness (QED) is 0.876. The summed E-state index contributed by atoms with van der Waals surface area (Å²) in [6, 6.07) is 7.25. The first-order valence-corrected chi connectivity index (χ1v) is 7.31. The number of amides is 1. The molecule has 1 unspecified atom stereocenters. The van der Waals surface area contributed by atoms with Gasteiger partial charge in [-0.3, -0.25) is 4.79 Å². The van der Waals surface area contributed by atoms with E-state index in [2.05, 4.69) is 33.0 Å². The average molecular weight is 291 g/mol. The molecule has 0 aliphatic heterocycles. The molecule has 1 atom stereocenters. The molecule has 1 amide bonds. The number of aliphatic hydroxyl groups excluding tert-OH is 1. The molecule has 4 heteroatoms. The van der Waals surface area contributed by atoms with Crippen molar-refractivity contribution < 1.29 is 14.6 Å². The van der Waals surface area contributed by atoms with Gasteiger partial charge in [-0.1, -0.05) is 39.8 Å². The van der Waals surface area contributed by atoms with Crippen molar-refractivity contribution in [1.29, 1.82) is 0 Å². The number of carbonyl (C=O) groups excluding carboxylic acids is 1. The van der Waals surface area contributed by atoms with Crippen LogP contribution < -0.4 is 10.1 Å². The maximum atomic E-state index is 12.2. The molecule has 1 aliphatic carbocycles. The Balaban J connectivity index is 1.93. The van der Waals surface area contributed by atoms with E-state index in [-0.39, 0.29) is 29.2 Å². The molecule has 0 spiro atoms. The minimum absolute atomic E-state index is 0.00232. The Kier molecular flexibility index (Phi) is 4.02. The van der Waals surface area contributed by atoms with Crippen LogP contribution in [0.25, 0.3) is 0 Å². The minimum Gasteiger partial charge on any atom is -0.497 e. The summed E-state index contributed by atoms with van der Waals surface area (Å²) in [5, 5.41) is 13.0. The van der Waals surface area contributed by atoms with Crippen LogP contribution in [0.2, 0.25) is 0 Å². The zero-order valence-corrected chi connectivity index (χ0v) is 13.4. The van der Waals surface area contributed by atoms with Crippen molar-refractivity contribution >= 4 is 5.91 Å². The Bertz CT molecular complexity index is 523. The lowest BCUT2D eigenvalue weighted by Gasteiger charge is -2.14. The third-order valence-electron chi connectivity index (χ3n) is 5.23. The molecule has 2 N–H and O–H groups in total. The Hall–Kier alpha value is -1.55. The van der Waals surface area contributed by atoms with E-state index < -0.39 is 6.10 Å². The predicted octanol–water partition coefficient (Wildman–Crippen LogP) is 2.53. The highest BCUT2D eigenvalue weighted by Crippen LogP contribution is 2.68. The first-order valence-electron chi connectivity index (χ1n) is 7.31. The molecule has 21 heavy (non-hydrogen) atoms. The number of methoxy groups -OCH3 is 1. The van der Waals surface area contributed by atoms with Crippen molar-refractivity contribution in [1.82, 2.24) is 5.32 Å². The molecule has 1 aromatic rings. The fraction of sp³-hybridized carbons (Fsp3) is 0.588. The number of hydrogen-bond acceptors (Lipinski definition) is 3. The second kappa shape index (κ2) is 5.34. The summed E-state index contributed by atoms with van der Waals surface area (Å²) in [5.74, 6) is 0.719. The third kappa shape index (κ3) is 2.77. The van der Waals surface area contributed by atoms with Gasteiger partial charge in [-0.15, -0.1) is 0 Å². The summed E-state index contributed by atoms with van der Waals surface area (Å²) < 4.78 is 5.13. The van der Waals surface area contributed by atoms with Gasteiger partial charge < -0.3 is 15.2 Å². The predicted molar refractivity (Wildman–Crippen MR) is 82.0 cm³/mol. The Morgan fingerprint density at radius 2 is 1.95 bits per heavy atom. The molecule has 116 valence electrons. The number of ether oxygens (including phenoxy) is 1. The fourth-order valence-corrected chi connectivity index (χ4v) is 3.12. The molecule has 0 aromatic heterocycles. The first kappa shape index (κ1) is 15.8. The summed E-state index contributed by atoms with van der Waals surface area (Å²) >= 11 is 0. The first-order chi connectivity index (χ1) is 9.71. The highest BCUT2D eigenvalue weighted by atomic mass is 16.5. The zero-order valence-electron chi connectivity index (χ0n) is 13.4. The van der Waals surface area contributed by atoms with Gasteiger partial charge in [0.2, 0.25) is 5.91 Å². The second-order valence-corrected chi connectivity index (χ2v) is 6.91. The standard InChI is InChI=1S/C17H25NO3/c1-16(2)14(17(16,3)4)15(20)18-10-13(19)11-7-6-8-12(9-11)21-5/h6-9,13-14,19H,10H2,1-5H3,(H,18,20). The van der Waals surface area contributed by atoms with Gasteiger partial charge in [-0.2, -0.15) is 0 Å². The van der Waals surface area contributed by atoms with E-state index in [4.69, 9.17) is 4.74 Å². The Labute approximate surface area is 126 Å². The van der Waals surface area contributed by atoms with E-state index in [9.17, 15) is 9.90 Å². The molecule has 0 saturated heterocycles. The number of aliphatic hydroxyl groups is 1. The molecule has 1 fully saturated rings. The van der Waals surface area contributed by atoms with Crippen LogP contribution in [-0.2, 0) is 4.79 Å². The summed E-state index contributed by atoms with van der Waals surface area (Å²) in [6.07, 6.45) is -0.728. The minimum atomic E-state index is -0.728. The van der Waals surface area contributed by atoms with Crippen LogP contribution in [0.3, 0.4) is 0 Å². The van der Waals surface area contributed by atoms with Gasteiger partial charge in [-0.05, 0) is 28.5 Å². The topological polar surface area (TPSA) is 58.6 Å². The zero-order chi connectivity index (χ0) is 15.8. The molecular formula is C17H25NO3. The van der Waals surface area contributed by atoms with Crippen LogP contribution in [0, 0.1) is 16.7 Å². The van der Waals surface area contributed by atoms with Crippen molar-refractivity contribution in [3.05, 3.63) is 29.8 Å². The monoisotopic (exact) mass is 291 g/mol. The Morgan fingerprint density at radius 1 is 1.33 bits per heavy atom. The molecule has 0 heterocycles. The maximum Gasteiger partial charge on any atom is 0.224 e. The van der Waals surface area contributed by atoms with Gasteiger partial charge in [0.1, 0.15) is 5.75 Å². The van der Waals surface area contributed by atoms with Crippen LogP contribution in [0.5, 0.6) is 5.75 Å². The van der Waals surface area contributed by atoms with E-state index in [1.54, 1.807) is 13.2 Å². The van der Waals surface area contributed by atoms with Crippen LogP contribution in [0.1, 0.15) is 39.4 Å². The molecule has 0 bridgehead atoms. The van der Waals surface area contributed by atoms with Crippen molar-refractivity contribution in [2.24, 2.45) is 16.7 Å². The smallest absolute Gasteiger partial charge is 0.224 e. The molecular weight excluding hydrogens is 266 g/mol. The summed E-state index contributed by atoms with van der Waals surface area (Å²) in [6.45, 7) is 8.64. The van der Waals surface area contributed by atoms with Gasteiger partial charge in [-0.25, -0.2) is 0 Å².